The van der Waals surface area contributed by atoms with Crippen molar-refractivity contribution >= 4 is 35.5 Å². The van der Waals surface area contributed by atoms with E-state index in [9.17, 15) is 24.3 Å². The van der Waals surface area contributed by atoms with E-state index in [4.69, 9.17) is 11.5 Å². The highest BCUT2D eigenvalue weighted by molar-refractivity contribution is 7.98. The Morgan fingerprint density at radius 3 is 2.59 bits per heavy atom. The van der Waals surface area contributed by atoms with E-state index in [1.165, 1.54) is 4.90 Å². The first-order valence-corrected chi connectivity index (χ1v) is 11.3. The second-order valence-electron chi connectivity index (χ2n) is 7.04. The Morgan fingerprint density at radius 1 is 1.24 bits per heavy atom. The molecule has 1 fully saturated rings. The van der Waals surface area contributed by atoms with Gasteiger partial charge >= 0.3 is 5.97 Å². The van der Waals surface area contributed by atoms with Crippen molar-refractivity contribution in [3.8, 4) is 0 Å². The van der Waals surface area contributed by atoms with Crippen LogP contribution in [0, 0.1) is 0 Å². The Kier molecular flexibility index (Phi) is 11.6. The van der Waals surface area contributed by atoms with Crippen molar-refractivity contribution in [1.29, 1.82) is 0 Å². The minimum Gasteiger partial charge on any atom is -0.480 e. The highest BCUT2D eigenvalue weighted by atomic mass is 32.2. The molecule has 0 aromatic rings. The molecule has 1 rings (SSSR count). The fraction of sp³-hybridized carbons (Fsp3) is 0.778. The zero-order valence-electron chi connectivity index (χ0n) is 16.9. The Balaban J connectivity index is 2.65. The van der Waals surface area contributed by atoms with Gasteiger partial charge in [-0.25, -0.2) is 4.79 Å². The molecule has 7 N–H and O–H groups in total. The third-order valence-corrected chi connectivity index (χ3v) is 5.44. The molecule has 1 heterocycles. The third kappa shape index (κ3) is 8.58. The van der Waals surface area contributed by atoms with Crippen LogP contribution >= 0.6 is 11.8 Å². The molecular formula is C18H33N5O5S. The maximum absolute atomic E-state index is 12.9. The highest BCUT2D eigenvalue weighted by Gasteiger charge is 2.37. The van der Waals surface area contributed by atoms with Gasteiger partial charge in [-0.05, 0) is 57.1 Å². The van der Waals surface area contributed by atoms with Crippen LogP contribution in [0.2, 0.25) is 0 Å². The lowest BCUT2D eigenvalue weighted by Crippen LogP contribution is -2.53. The molecule has 11 heteroatoms. The molecule has 0 aromatic heterocycles. The molecule has 3 amide bonds. The van der Waals surface area contributed by atoms with Gasteiger partial charge < -0.3 is 32.1 Å². The fourth-order valence-electron chi connectivity index (χ4n) is 3.16. The summed E-state index contributed by atoms with van der Waals surface area (Å²) in [6, 6.07) is -2.42. The van der Waals surface area contributed by atoms with E-state index in [0.717, 1.165) is 5.75 Å². The minimum atomic E-state index is -1.05. The maximum atomic E-state index is 12.9. The number of rotatable bonds is 13. The minimum absolute atomic E-state index is 0.297. The number of aliphatic carboxylic acids is 1. The van der Waals surface area contributed by atoms with Gasteiger partial charge in [0.05, 0.1) is 12.6 Å². The maximum Gasteiger partial charge on any atom is 0.326 e. The first kappa shape index (κ1) is 25.2. The van der Waals surface area contributed by atoms with Crippen molar-refractivity contribution in [2.75, 3.05) is 31.6 Å². The molecule has 166 valence electrons. The van der Waals surface area contributed by atoms with E-state index in [2.05, 4.69) is 10.6 Å². The molecule has 3 atom stereocenters. The largest absolute Gasteiger partial charge is 0.480 e. The number of carboxylic acid groups (broad SMARTS) is 1. The highest BCUT2D eigenvalue weighted by Crippen LogP contribution is 2.19. The summed E-state index contributed by atoms with van der Waals surface area (Å²) in [6.07, 6.45) is 5.07. The first-order chi connectivity index (χ1) is 13.8. The molecule has 0 aromatic carbocycles. The van der Waals surface area contributed by atoms with Crippen LogP contribution in [0.5, 0.6) is 0 Å². The molecule has 10 nitrogen and oxygen atoms in total. The third-order valence-electron chi connectivity index (χ3n) is 4.79. The van der Waals surface area contributed by atoms with Crippen LogP contribution in [0.1, 0.15) is 38.5 Å². The van der Waals surface area contributed by atoms with Gasteiger partial charge in [-0.15, -0.1) is 0 Å². The number of nitrogens with two attached hydrogens (primary N) is 2. The number of thioether (sulfide) groups is 1. The monoisotopic (exact) mass is 431 g/mol. The Morgan fingerprint density at radius 2 is 1.97 bits per heavy atom. The van der Waals surface area contributed by atoms with Gasteiger partial charge in [0, 0.05) is 6.54 Å². The molecule has 0 aliphatic carbocycles. The number of carbonyl (C=O) groups is 4. The number of unbranched alkanes of at least 4 members (excludes halogenated alkanes) is 1. The van der Waals surface area contributed by atoms with E-state index < -0.39 is 41.8 Å². The van der Waals surface area contributed by atoms with Crippen molar-refractivity contribution in [3.05, 3.63) is 0 Å². The average Bonchev–Trinajstić information content (AvgIpc) is 3.19. The molecule has 0 radical (unpaired) electrons. The Hall–Kier alpha value is -1.85. The Labute approximate surface area is 175 Å². The molecular weight excluding hydrogens is 398 g/mol. The fourth-order valence-corrected chi connectivity index (χ4v) is 3.65. The molecule has 0 bridgehead atoms. The molecule has 1 aliphatic heterocycles. The van der Waals surface area contributed by atoms with Crippen molar-refractivity contribution in [2.45, 2.75) is 56.7 Å². The quantitative estimate of drug-likeness (QED) is 0.228. The number of hydrogen-bond acceptors (Lipinski definition) is 7. The SMILES string of the molecule is CSCCC(N)C(=O)NCC(=O)NC(CCCCN)C(=O)N1CCCC1C(=O)O. The second-order valence-corrected chi connectivity index (χ2v) is 8.02. The van der Waals surface area contributed by atoms with Crippen molar-refractivity contribution in [3.63, 3.8) is 0 Å². The number of hydrogen-bond donors (Lipinski definition) is 5. The summed E-state index contributed by atoms with van der Waals surface area (Å²) in [6.45, 7) is 0.509. The standard InChI is InChI=1S/C18H33N5O5S/c1-29-10-7-12(20)16(25)21-11-15(24)22-13(5-2-3-8-19)17(26)23-9-4-6-14(23)18(27)28/h12-14H,2-11,19-20H2,1H3,(H,21,25)(H,22,24)(H,27,28). The van der Waals surface area contributed by atoms with Gasteiger partial charge in [-0.1, -0.05) is 0 Å². The second kappa shape index (κ2) is 13.4. The molecule has 1 saturated heterocycles. The van der Waals surface area contributed by atoms with Crippen LogP contribution < -0.4 is 22.1 Å². The summed E-state index contributed by atoms with van der Waals surface area (Å²) in [5.74, 6) is -1.67. The summed E-state index contributed by atoms with van der Waals surface area (Å²) in [5.41, 5.74) is 11.3. The zero-order chi connectivity index (χ0) is 21.8. The summed E-state index contributed by atoms with van der Waals surface area (Å²) < 4.78 is 0. The molecule has 29 heavy (non-hydrogen) atoms. The van der Waals surface area contributed by atoms with Gasteiger partial charge in [-0.3, -0.25) is 14.4 Å². The lowest BCUT2D eigenvalue weighted by molar-refractivity contribution is -0.149. The van der Waals surface area contributed by atoms with Crippen LogP contribution in [0.4, 0.5) is 0 Å². The van der Waals surface area contributed by atoms with E-state index in [1.807, 2.05) is 6.26 Å². The van der Waals surface area contributed by atoms with Crippen LogP contribution in [-0.2, 0) is 19.2 Å². The van der Waals surface area contributed by atoms with Crippen molar-refractivity contribution < 1.29 is 24.3 Å². The van der Waals surface area contributed by atoms with Gasteiger partial charge in [0.25, 0.3) is 0 Å². The molecule has 3 unspecified atom stereocenters. The Bertz CT molecular complexity index is 577. The van der Waals surface area contributed by atoms with E-state index in [-0.39, 0.29) is 6.54 Å². The summed E-state index contributed by atoms with van der Waals surface area (Å²) in [4.78, 5) is 49.8. The predicted octanol–water partition coefficient (Wildman–Crippen LogP) is -1.13. The van der Waals surface area contributed by atoms with Gasteiger partial charge in [0.15, 0.2) is 0 Å². The van der Waals surface area contributed by atoms with E-state index >= 15 is 0 Å². The summed E-state index contributed by atoms with van der Waals surface area (Å²) >= 11 is 1.57. The lowest BCUT2D eigenvalue weighted by atomic mass is 10.1. The molecule has 0 spiro atoms. The van der Waals surface area contributed by atoms with Crippen LogP contribution in [0.25, 0.3) is 0 Å². The smallest absolute Gasteiger partial charge is 0.326 e. The number of nitrogens with zero attached hydrogens (tertiary/aromatic N) is 1. The number of carboxylic acids is 1. The van der Waals surface area contributed by atoms with Crippen molar-refractivity contribution in [1.82, 2.24) is 15.5 Å². The number of carbonyl (C=O) groups excluding carboxylic acids is 3. The van der Waals surface area contributed by atoms with Crippen LogP contribution in [0.3, 0.4) is 0 Å². The van der Waals surface area contributed by atoms with Gasteiger partial charge in [0.2, 0.25) is 17.7 Å². The van der Waals surface area contributed by atoms with E-state index in [0.29, 0.717) is 51.6 Å². The van der Waals surface area contributed by atoms with Gasteiger partial charge in [-0.2, -0.15) is 11.8 Å². The normalized spacial score (nSPS) is 18.2. The van der Waals surface area contributed by atoms with E-state index in [1.54, 1.807) is 11.8 Å². The topological polar surface area (TPSA) is 168 Å². The number of amides is 3. The number of nitrogens with one attached hydrogen (secondary N) is 2. The summed E-state index contributed by atoms with van der Waals surface area (Å²) in [5, 5.41) is 14.4. The summed E-state index contributed by atoms with van der Waals surface area (Å²) in [7, 11) is 0. The zero-order valence-corrected chi connectivity index (χ0v) is 17.7. The predicted molar refractivity (Wildman–Crippen MR) is 111 cm³/mol. The van der Waals surface area contributed by atoms with Crippen molar-refractivity contribution in [2.24, 2.45) is 11.5 Å². The van der Waals surface area contributed by atoms with Crippen LogP contribution in [0.15, 0.2) is 0 Å². The van der Waals surface area contributed by atoms with Crippen LogP contribution in [-0.4, -0.2) is 83.5 Å². The average molecular weight is 432 g/mol. The first-order valence-electron chi connectivity index (χ1n) is 9.86. The molecule has 0 saturated carbocycles. The lowest BCUT2D eigenvalue weighted by Gasteiger charge is -2.27. The molecule has 1 aliphatic rings. The number of likely N-dealkylation sites (tertiary alicyclic amines) is 1. The van der Waals surface area contributed by atoms with Gasteiger partial charge in [0.1, 0.15) is 12.1 Å².